The molecule has 1 saturated carbocycles. The monoisotopic (exact) mass is 1880 g/mol. The fourth-order valence-corrected chi connectivity index (χ4v) is 18.7. The normalized spacial score (nSPS) is 26.2. The third-order valence-corrected chi connectivity index (χ3v) is 26.5. The average Bonchev–Trinajstić information content (AvgIpc) is 1.02. The van der Waals surface area contributed by atoms with E-state index in [1.54, 1.807) is 59.1 Å². The van der Waals surface area contributed by atoms with Crippen LogP contribution in [0.2, 0.25) is 0 Å². The van der Waals surface area contributed by atoms with Gasteiger partial charge in [-0.3, -0.25) is 81.5 Å². The lowest BCUT2D eigenvalue weighted by molar-refractivity contribution is -0.149. The molecule has 3 saturated heterocycles. The summed E-state index contributed by atoms with van der Waals surface area (Å²) in [6.45, 7) is 12.1. The Kier molecular flexibility index (Phi) is 39.7. The van der Waals surface area contributed by atoms with Crippen LogP contribution >= 0.6 is 11.8 Å². The van der Waals surface area contributed by atoms with Gasteiger partial charge >= 0.3 is 0 Å². The van der Waals surface area contributed by atoms with E-state index in [4.69, 9.17) is 5.73 Å². The summed E-state index contributed by atoms with van der Waals surface area (Å²) in [7, 11) is 4.08. The number of aromatic nitrogens is 2. The minimum Gasteiger partial charge on any atom is -0.508 e. The number of nitrogens with zero attached hydrogens (tertiary/aromatic N) is 5. The van der Waals surface area contributed by atoms with E-state index in [9.17, 15) is 63.3 Å². The number of aromatic amines is 2. The molecule has 5 aromatic rings. The molecule has 134 heavy (non-hydrogen) atoms. The molecule has 16 amide bonds. The third-order valence-electron chi connectivity index (χ3n) is 25.4. The Bertz CT molecular complexity index is 4980. The number of rotatable bonds is 23. The van der Waals surface area contributed by atoms with E-state index < -0.39 is 223 Å². The lowest BCUT2D eigenvalue weighted by atomic mass is 9.90. The number of amides is 16. The molecule has 1 unspecified atom stereocenters. The topological polar surface area (TPSA) is 545 Å². The number of unbranched alkanes of at least 4 members (excludes halogenated alkanes) is 2. The van der Waals surface area contributed by atoms with Crippen molar-refractivity contribution >= 4 is 134 Å². The zero-order valence-corrected chi connectivity index (χ0v) is 79.4. The predicted octanol–water partition coefficient (Wildman–Crippen LogP) is 1.96. The summed E-state index contributed by atoms with van der Waals surface area (Å²) in [5.41, 5.74) is 8.78. The Morgan fingerprint density at radius 2 is 1.10 bits per heavy atom. The van der Waals surface area contributed by atoms with Crippen LogP contribution in [0.5, 0.6) is 5.75 Å². The van der Waals surface area contributed by atoms with Gasteiger partial charge < -0.3 is 109 Å². The number of aliphatic hydroxyl groups excluding tert-OH is 2. The second-order valence-electron chi connectivity index (χ2n) is 36.7. The number of aliphatic hydroxyl groups is 2. The van der Waals surface area contributed by atoms with Crippen molar-refractivity contribution in [3.05, 3.63) is 102 Å². The number of phenolic OH excluding ortho intramolecular Hbond substituents is 1. The van der Waals surface area contributed by atoms with Gasteiger partial charge in [0.05, 0.1) is 43.5 Å². The first-order valence-corrected chi connectivity index (χ1v) is 47.9. The Hall–Kier alpha value is -12.0. The smallest absolute Gasteiger partial charge is 0.246 e. The molecule has 5 heterocycles. The second-order valence-corrected chi connectivity index (χ2v) is 37.7. The lowest BCUT2D eigenvalue weighted by Crippen LogP contribution is -2.60. The van der Waals surface area contributed by atoms with Gasteiger partial charge in [0.2, 0.25) is 94.5 Å². The average molecular weight is 1880 g/mol. The fraction of sp³-hybridized carbons (Fsp3) is 0.589. The highest BCUT2D eigenvalue weighted by Crippen LogP contribution is 2.31. The Morgan fingerprint density at radius 1 is 0.545 bits per heavy atom. The van der Waals surface area contributed by atoms with Crippen LogP contribution in [0.4, 0.5) is 0 Å². The van der Waals surface area contributed by atoms with Gasteiger partial charge in [0, 0.05) is 112 Å². The molecule has 0 spiro atoms. The van der Waals surface area contributed by atoms with Gasteiger partial charge in [-0.1, -0.05) is 123 Å². The number of carbonyl (C=O) groups excluding carboxylic acids is 17. The van der Waals surface area contributed by atoms with Crippen molar-refractivity contribution in [2.75, 3.05) is 58.8 Å². The Labute approximate surface area is 785 Å². The zero-order chi connectivity index (χ0) is 97.9. The number of likely N-dealkylation sites (N-methyl/N-ethyl adjacent to an activating group) is 3. The molecule has 4 fully saturated rings. The van der Waals surface area contributed by atoms with Crippen LogP contribution in [0, 0.1) is 17.8 Å². The molecule has 3 aliphatic heterocycles. The number of benzene rings is 3. The molecular weight excluding hydrogens is 1750 g/mol. The van der Waals surface area contributed by atoms with Crippen LogP contribution in [0.25, 0.3) is 21.8 Å². The number of Topliss-reactive ketones (excluding diaryl/α,β-unsaturated/α-hetero) is 1. The molecule has 3 aromatic carbocycles. The van der Waals surface area contributed by atoms with Crippen molar-refractivity contribution in [3.63, 3.8) is 0 Å². The number of aromatic hydroxyl groups is 1. The highest BCUT2D eigenvalue weighted by atomic mass is 32.2. The van der Waals surface area contributed by atoms with Gasteiger partial charge in [0.15, 0.2) is 5.78 Å². The number of hydrogen-bond donors (Lipinski definition) is 16. The van der Waals surface area contributed by atoms with E-state index in [1.165, 1.54) is 67.0 Å². The van der Waals surface area contributed by atoms with Crippen molar-refractivity contribution in [3.8, 4) is 5.75 Å². The number of nitrogens with two attached hydrogens (primary N) is 1. The van der Waals surface area contributed by atoms with E-state index in [0.29, 0.717) is 84.5 Å². The maximum absolute atomic E-state index is 15.6. The number of nitrogens with one attached hydrogen (secondary N) is 12. The number of H-pyrrole nitrogens is 2. The number of hydrogen-bond acceptors (Lipinski definition) is 21. The van der Waals surface area contributed by atoms with Gasteiger partial charge in [-0.15, -0.1) is 11.8 Å². The fourth-order valence-electron chi connectivity index (χ4n) is 17.8. The van der Waals surface area contributed by atoms with Crippen LogP contribution in [-0.2, 0) is 101 Å². The summed E-state index contributed by atoms with van der Waals surface area (Å²) in [5.74, 6) is -16.6. The van der Waals surface area contributed by atoms with E-state index in [0.717, 1.165) is 26.9 Å². The minimum absolute atomic E-state index is 0.000847. The molecule has 0 radical (unpaired) electrons. The van der Waals surface area contributed by atoms with Crippen LogP contribution < -0.4 is 58.9 Å². The summed E-state index contributed by atoms with van der Waals surface area (Å²) in [6, 6.07) is 2.90. The molecular formula is C95H136N18O20S. The molecule has 1 aliphatic carbocycles. The number of fused-ring (bicyclic) bond motifs is 4. The van der Waals surface area contributed by atoms with Crippen LogP contribution in [0.1, 0.15) is 188 Å². The largest absolute Gasteiger partial charge is 0.508 e. The van der Waals surface area contributed by atoms with Crippen molar-refractivity contribution in [1.29, 1.82) is 0 Å². The number of phenols is 1. The van der Waals surface area contributed by atoms with Crippen molar-refractivity contribution in [1.82, 2.24) is 87.6 Å². The second kappa shape index (κ2) is 50.4. The van der Waals surface area contributed by atoms with Gasteiger partial charge in [-0.25, -0.2) is 0 Å². The lowest BCUT2D eigenvalue weighted by Gasteiger charge is -2.36. The van der Waals surface area contributed by atoms with Crippen molar-refractivity contribution in [2.24, 2.45) is 23.5 Å². The van der Waals surface area contributed by atoms with Crippen molar-refractivity contribution in [2.45, 2.75) is 281 Å². The molecule has 9 rings (SSSR count). The number of para-hydroxylation sites is 2. The predicted molar refractivity (Wildman–Crippen MR) is 500 cm³/mol. The molecule has 4 aliphatic rings. The SMILES string of the molecule is CCCC[C@H]1C(=O)N(C)[C@@H](CCCC)C(=O)N[C@@H](CC(C)C)C(=O)N[C@H](C(=O)NCC(=O)NC2CCC(O)CC2)CSCC(=O)N[C@@H](Cc2ccc(O)cc2)C(=O)N(C)[C@@H](C)C(=O)N[C@@H](CC(N)=O)C(=O)N2CCC[C@H]2C(=O)N[C@@H](CC)C(=O)N[C@@H](CC(C)C)C(=O)N2C[C@H](O)C[C@H]2C(=O)C[C@@H](Cc2c[nH]c3ccccc23)C(=O)NCC(=O)NC(Cc2c[nH]c3ccccc23)C(=O)N1C. The molecule has 17 N–H and O–H groups in total. The summed E-state index contributed by atoms with van der Waals surface area (Å²) in [5, 5.41) is 60.6. The Morgan fingerprint density at radius 3 is 1.72 bits per heavy atom. The number of thioether (sulfide) groups is 1. The number of ketones is 1. The zero-order valence-electron chi connectivity index (χ0n) is 78.6. The molecule has 0 bridgehead atoms. The number of carbonyl (C=O) groups is 17. The summed E-state index contributed by atoms with van der Waals surface area (Å²) < 4.78 is 0. The van der Waals surface area contributed by atoms with Gasteiger partial charge in [-0.05, 0) is 137 Å². The summed E-state index contributed by atoms with van der Waals surface area (Å²) in [6.07, 6.45) is 3.58. The molecule has 39 heteroatoms. The highest BCUT2D eigenvalue weighted by molar-refractivity contribution is 8.00. The van der Waals surface area contributed by atoms with E-state index in [2.05, 4.69) is 63.1 Å². The first-order valence-electron chi connectivity index (χ1n) is 46.8. The maximum atomic E-state index is 15.6. The molecule has 38 nitrogen and oxygen atoms in total. The minimum atomic E-state index is -1.73. The molecule has 732 valence electrons. The highest BCUT2D eigenvalue weighted by Gasteiger charge is 2.46. The van der Waals surface area contributed by atoms with Gasteiger partial charge in [0.25, 0.3) is 0 Å². The maximum Gasteiger partial charge on any atom is 0.246 e. The van der Waals surface area contributed by atoms with Crippen LogP contribution in [0.3, 0.4) is 0 Å². The summed E-state index contributed by atoms with van der Waals surface area (Å²) in [4.78, 5) is 263. The van der Waals surface area contributed by atoms with Crippen LogP contribution in [-0.4, -0.2) is 300 Å². The van der Waals surface area contributed by atoms with Gasteiger partial charge in [0.1, 0.15) is 72.2 Å². The third kappa shape index (κ3) is 29.5. The quantitative estimate of drug-likeness (QED) is 0.0444. The summed E-state index contributed by atoms with van der Waals surface area (Å²) >= 11 is 0.833. The standard InChI is InChI=1S/C95H136N18O20S/c1-12-15-26-75-89(127)105-69(38-53(4)5)88(126)108-74(86(124)100-48-81(119)101-60-31-35-62(115)36-32-60)51-134-52-83(121)103-71(40-56-29-33-61(114)34-30-56)91(129)109(9)55(8)84(122)106-73(45-80(96)118)93(131)112-37-21-28-76(112)90(128)104-66(14-3)87(125)107-70(39-54(6)7)94(132)113-50-63(116)44-78(113)79(117)43-57(41-58-46-97-67-24-19-17-22-64(58)67)85(123)99-49-82(120)102-72(42-59-47-98-68-25-20-18-23-65(59)68)92(130)111(11)77(27-16-13-2)95(133)110(75)10/h17-20,22-25,29-30,33-34,46-47,53-55,57,60,62-63,66,69-78,97-98,114-116H,12-16,21,26-28,31-32,35-45,48-52H2,1-11H3,(H2,96,118)(H,99,123)(H,100,124)(H,101,119)(H,102,120)(H,103,121)(H,104,128)(H,105,127)(H,106,122)(H,107,125)(H,108,126)/t55-,57+,60?,62?,63+,66-,69-,70-,71-,72?,73-,74-,75-,76-,77-,78-/m0/s1. The van der Waals surface area contributed by atoms with Crippen LogP contribution in [0.15, 0.2) is 85.2 Å². The van der Waals surface area contributed by atoms with E-state index in [-0.39, 0.29) is 113 Å². The Balaban J connectivity index is 1.07. The number of primary amides is 1. The van der Waals surface area contributed by atoms with Crippen molar-refractivity contribution < 1.29 is 96.8 Å². The first-order chi connectivity index (χ1) is 63.8. The van der Waals surface area contributed by atoms with E-state index >= 15 is 33.6 Å². The molecule has 14 atom stereocenters. The molecule has 2 aromatic heterocycles. The van der Waals surface area contributed by atoms with E-state index in [1.807, 2.05) is 50.2 Å². The van der Waals surface area contributed by atoms with Gasteiger partial charge in [-0.2, -0.15) is 0 Å². The first kappa shape index (κ1) is 106.